The van der Waals surface area contributed by atoms with Crippen molar-refractivity contribution in [2.45, 2.75) is 32.4 Å². The largest absolute Gasteiger partial charge is 0.355 e. The van der Waals surface area contributed by atoms with Crippen LogP contribution in [0.25, 0.3) is 20.4 Å². The Bertz CT molecular complexity index is 1620. The molecular weight excluding hydrogens is 472 g/mol. The highest BCUT2D eigenvalue weighted by Crippen LogP contribution is 2.29. The predicted molar refractivity (Wildman–Crippen MR) is 144 cm³/mol. The Kier molecular flexibility index (Phi) is 7.04. The number of nitrogens with zero attached hydrogens (tertiary/aromatic N) is 3. The predicted octanol–water partition coefficient (Wildman–Crippen LogP) is 3.76. The summed E-state index contributed by atoms with van der Waals surface area (Å²) in [5.41, 5.74) is 1.91. The molecule has 0 saturated heterocycles. The van der Waals surface area contributed by atoms with E-state index >= 15 is 0 Å². The van der Waals surface area contributed by atoms with Crippen molar-refractivity contribution >= 4 is 37.7 Å². The van der Waals surface area contributed by atoms with Gasteiger partial charge in [0.1, 0.15) is 16.1 Å². The molecule has 3 aromatic heterocycles. The lowest BCUT2D eigenvalue weighted by Crippen LogP contribution is -2.42. The van der Waals surface area contributed by atoms with Crippen LogP contribution in [0.3, 0.4) is 0 Å². The van der Waals surface area contributed by atoms with Gasteiger partial charge in [-0.05, 0) is 42.5 Å². The van der Waals surface area contributed by atoms with Gasteiger partial charge in [-0.25, -0.2) is 9.78 Å². The zero-order chi connectivity index (χ0) is 24.9. The molecule has 3 heterocycles. The van der Waals surface area contributed by atoms with Gasteiger partial charge in [-0.3, -0.25) is 18.7 Å². The van der Waals surface area contributed by atoms with E-state index in [4.69, 9.17) is 0 Å². The lowest BCUT2D eigenvalue weighted by atomic mass is 10.1. The number of thiophene rings is 1. The molecule has 0 radical (unpaired) electrons. The molecule has 0 aliphatic heterocycles. The Hall–Kier alpha value is -4.04. The number of aromatic nitrogens is 3. The molecule has 36 heavy (non-hydrogen) atoms. The molecule has 0 saturated carbocycles. The summed E-state index contributed by atoms with van der Waals surface area (Å²) in [6.07, 6.45) is 3.85. The molecule has 0 aliphatic carbocycles. The van der Waals surface area contributed by atoms with E-state index in [0.29, 0.717) is 33.4 Å². The smallest absolute Gasteiger partial charge is 0.332 e. The number of pyridine rings is 1. The van der Waals surface area contributed by atoms with Gasteiger partial charge in [-0.1, -0.05) is 60.7 Å². The van der Waals surface area contributed by atoms with Crippen LogP contribution in [0.5, 0.6) is 0 Å². The summed E-state index contributed by atoms with van der Waals surface area (Å²) in [6.45, 7) is 0.580. The highest BCUT2D eigenvalue weighted by molar-refractivity contribution is 7.25. The van der Waals surface area contributed by atoms with Crippen molar-refractivity contribution in [3.63, 3.8) is 0 Å². The van der Waals surface area contributed by atoms with Crippen molar-refractivity contribution in [1.29, 1.82) is 0 Å². The van der Waals surface area contributed by atoms with Crippen LogP contribution in [0.15, 0.2) is 88.6 Å². The van der Waals surface area contributed by atoms with Gasteiger partial charge in [0, 0.05) is 24.7 Å². The number of carbonyl (C=O) groups excluding carboxylic acids is 1. The molecule has 182 valence electrons. The highest BCUT2D eigenvalue weighted by Gasteiger charge is 2.20. The molecule has 8 heteroatoms. The van der Waals surface area contributed by atoms with Crippen LogP contribution < -0.4 is 16.6 Å². The van der Waals surface area contributed by atoms with Crippen LogP contribution in [0.2, 0.25) is 0 Å². The first-order valence-electron chi connectivity index (χ1n) is 12.0. The Morgan fingerprint density at radius 1 is 0.861 bits per heavy atom. The quantitative estimate of drug-likeness (QED) is 0.314. The monoisotopic (exact) mass is 498 g/mol. The average molecular weight is 499 g/mol. The van der Waals surface area contributed by atoms with Gasteiger partial charge < -0.3 is 5.32 Å². The van der Waals surface area contributed by atoms with Crippen molar-refractivity contribution in [1.82, 2.24) is 19.4 Å². The van der Waals surface area contributed by atoms with Crippen LogP contribution in [0.4, 0.5) is 0 Å². The van der Waals surface area contributed by atoms with E-state index < -0.39 is 5.69 Å². The fourth-order valence-corrected chi connectivity index (χ4v) is 5.47. The second-order valence-electron chi connectivity index (χ2n) is 8.64. The second-order valence-corrected chi connectivity index (χ2v) is 9.64. The Balaban J connectivity index is 1.43. The van der Waals surface area contributed by atoms with Crippen molar-refractivity contribution in [3.8, 4) is 0 Å². The summed E-state index contributed by atoms with van der Waals surface area (Å²) >= 11 is 1.26. The molecule has 0 fully saturated rings. The minimum Gasteiger partial charge on any atom is -0.355 e. The lowest BCUT2D eigenvalue weighted by molar-refractivity contribution is -0.121. The average Bonchev–Trinajstić information content (AvgIpc) is 3.30. The number of aryl methyl sites for hydroxylation is 2. The van der Waals surface area contributed by atoms with E-state index in [-0.39, 0.29) is 24.6 Å². The van der Waals surface area contributed by atoms with Crippen LogP contribution >= 0.6 is 11.3 Å². The summed E-state index contributed by atoms with van der Waals surface area (Å²) in [4.78, 5) is 44.8. The Labute approximate surface area is 211 Å². The third kappa shape index (κ3) is 4.99. The molecule has 0 atom stereocenters. The summed E-state index contributed by atoms with van der Waals surface area (Å²) in [7, 11) is 0. The number of benzene rings is 2. The van der Waals surface area contributed by atoms with Gasteiger partial charge in [0.2, 0.25) is 5.91 Å². The van der Waals surface area contributed by atoms with Crippen molar-refractivity contribution in [2.24, 2.45) is 0 Å². The third-order valence-electron chi connectivity index (χ3n) is 6.19. The summed E-state index contributed by atoms with van der Waals surface area (Å²) in [5, 5.41) is 3.63. The van der Waals surface area contributed by atoms with Crippen molar-refractivity contribution < 1.29 is 4.79 Å². The first-order chi connectivity index (χ1) is 17.6. The molecule has 0 unspecified atom stereocenters. The maximum Gasteiger partial charge on any atom is 0.332 e. The topological polar surface area (TPSA) is 86.0 Å². The minimum absolute atomic E-state index is 0.160. The molecular formula is C28H26N4O3S. The molecule has 7 nitrogen and oxygen atoms in total. The van der Waals surface area contributed by atoms with E-state index in [1.807, 2.05) is 54.6 Å². The van der Waals surface area contributed by atoms with Gasteiger partial charge in [-0.15, -0.1) is 11.3 Å². The summed E-state index contributed by atoms with van der Waals surface area (Å²) in [6, 6.07) is 23.4. The van der Waals surface area contributed by atoms with E-state index in [9.17, 15) is 14.4 Å². The fourth-order valence-electron chi connectivity index (χ4n) is 4.38. The first kappa shape index (κ1) is 23.7. The number of carbonyl (C=O) groups is 1. The van der Waals surface area contributed by atoms with Crippen molar-refractivity contribution in [3.05, 3.63) is 111 Å². The molecule has 5 aromatic rings. The maximum atomic E-state index is 13.5. The number of hydrogen-bond donors (Lipinski definition) is 1. The lowest BCUT2D eigenvalue weighted by Gasteiger charge is -2.13. The molecule has 1 N–H and O–H groups in total. The summed E-state index contributed by atoms with van der Waals surface area (Å²) in [5.74, 6) is -0.261. The maximum absolute atomic E-state index is 13.5. The summed E-state index contributed by atoms with van der Waals surface area (Å²) < 4.78 is 3.11. The third-order valence-corrected chi connectivity index (χ3v) is 7.28. The number of rotatable bonds is 9. The van der Waals surface area contributed by atoms with E-state index in [2.05, 4.69) is 22.4 Å². The zero-order valence-electron chi connectivity index (χ0n) is 19.7. The fraction of sp³-hybridized carbons (Fsp3) is 0.214. The Morgan fingerprint density at radius 3 is 2.28 bits per heavy atom. The highest BCUT2D eigenvalue weighted by atomic mass is 32.1. The molecule has 0 bridgehead atoms. The van der Waals surface area contributed by atoms with Gasteiger partial charge in [0.15, 0.2) is 0 Å². The molecule has 1 amide bonds. The molecule has 5 rings (SSSR count). The molecule has 0 spiro atoms. The van der Waals surface area contributed by atoms with E-state index in [1.165, 1.54) is 26.0 Å². The molecule has 0 aliphatic rings. The van der Waals surface area contributed by atoms with Crippen LogP contribution in [0.1, 0.15) is 17.5 Å². The number of amides is 1. The number of nitrogens with one attached hydrogen (secondary N) is 1. The van der Waals surface area contributed by atoms with E-state index in [1.54, 1.807) is 12.3 Å². The van der Waals surface area contributed by atoms with Gasteiger partial charge in [0.05, 0.1) is 5.52 Å². The second kappa shape index (κ2) is 10.7. The van der Waals surface area contributed by atoms with Crippen LogP contribution in [-0.2, 0) is 30.7 Å². The van der Waals surface area contributed by atoms with Gasteiger partial charge in [-0.2, -0.15) is 0 Å². The van der Waals surface area contributed by atoms with Crippen LogP contribution in [-0.4, -0.2) is 26.6 Å². The van der Waals surface area contributed by atoms with Crippen LogP contribution in [0, 0.1) is 0 Å². The van der Waals surface area contributed by atoms with Gasteiger partial charge >= 0.3 is 5.69 Å². The standard InChI is InChI=1S/C28H26N4O3S/c33-23(29-16-7-13-20-9-3-1-4-10-20)19-32-24-22-14-8-17-30-26(22)36-25(24)27(34)31(28(32)35)18-15-21-11-5-2-6-12-21/h1-6,8-12,14,17H,7,13,15-16,18-19H2,(H,29,33). The number of hydrogen-bond acceptors (Lipinski definition) is 5. The van der Waals surface area contributed by atoms with Gasteiger partial charge in [0.25, 0.3) is 5.56 Å². The van der Waals surface area contributed by atoms with E-state index in [0.717, 1.165) is 18.4 Å². The minimum atomic E-state index is -0.480. The zero-order valence-corrected chi connectivity index (χ0v) is 20.5. The first-order valence-corrected chi connectivity index (χ1v) is 12.8. The SMILES string of the molecule is O=C(Cn1c(=O)n(CCc2ccccc2)c(=O)c2sc3ncccc3c21)NCCCc1ccccc1. The van der Waals surface area contributed by atoms with Crippen molar-refractivity contribution in [2.75, 3.05) is 6.54 Å². The Morgan fingerprint density at radius 2 is 1.56 bits per heavy atom. The normalized spacial score (nSPS) is 11.2. The number of fused-ring (bicyclic) bond motifs is 3. The molecule has 2 aromatic carbocycles.